The molecule has 0 bridgehead atoms. The molecule has 0 N–H and O–H groups in total. The Bertz CT molecular complexity index is 753. The Labute approximate surface area is 129 Å². The zero-order chi connectivity index (χ0) is 16.3. The van der Waals surface area contributed by atoms with E-state index in [1.165, 1.54) is 23.1 Å². The van der Waals surface area contributed by atoms with Crippen LogP contribution < -0.4 is 4.74 Å². The summed E-state index contributed by atoms with van der Waals surface area (Å²) in [6.45, 7) is 0.183. The molecule has 0 unspecified atom stereocenters. The van der Waals surface area contributed by atoms with Gasteiger partial charge < -0.3 is 4.74 Å². The molecule has 0 atom stereocenters. The average molecular weight is 320 g/mol. The number of rotatable bonds is 4. The lowest BCUT2D eigenvalue weighted by Crippen LogP contribution is -2.05. The van der Waals surface area contributed by atoms with Crippen LogP contribution in [0.3, 0.4) is 0 Å². The van der Waals surface area contributed by atoms with Gasteiger partial charge in [0.05, 0.1) is 11.3 Å². The summed E-state index contributed by atoms with van der Waals surface area (Å²) in [6.07, 6.45) is -2.86. The van der Waals surface area contributed by atoms with Gasteiger partial charge in [-0.25, -0.2) is 4.68 Å². The van der Waals surface area contributed by atoms with Gasteiger partial charge >= 0.3 is 6.18 Å². The molecule has 3 aromatic rings. The normalized spacial score (nSPS) is 11.4. The van der Waals surface area contributed by atoms with Gasteiger partial charge in [0, 0.05) is 0 Å². The summed E-state index contributed by atoms with van der Waals surface area (Å²) in [5.74, 6) is 0.599. The first kappa shape index (κ1) is 15.0. The van der Waals surface area contributed by atoms with Crippen molar-refractivity contribution in [2.45, 2.75) is 12.8 Å². The summed E-state index contributed by atoms with van der Waals surface area (Å²) in [4.78, 5) is 0. The molecule has 0 spiro atoms. The van der Waals surface area contributed by atoms with E-state index in [4.69, 9.17) is 4.74 Å². The van der Waals surface area contributed by atoms with E-state index in [1.807, 2.05) is 0 Å². The van der Waals surface area contributed by atoms with Crippen molar-refractivity contribution in [3.63, 3.8) is 0 Å². The zero-order valence-electron chi connectivity index (χ0n) is 11.7. The van der Waals surface area contributed by atoms with E-state index in [1.54, 1.807) is 24.3 Å². The first-order valence-electron chi connectivity index (χ1n) is 6.65. The highest BCUT2D eigenvalue weighted by Crippen LogP contribution is 2.29. The van der Waals surface area contributed by atoms with Crippen molar-refractivity contribution in [2.24, 2.45) is 0 Å². The molecule has 2 aromatic carbocycles. The van der Waals surface area contributed by atoms with E-state index < -0.39 is 11.7 Å². The topological polar surface area (TPSA) is 52.8 Å². The Balaban J connectivity index is 1.62. The highest BCUT2D eigenvalue weighted by Gasteiger charge is 2.29. The quantitative estimate of drug-likeness (QED) is 0.740. The lowest BCUT2D eigenvalue weighted by atomic mass is 10.1. The lowest BCUT2D eigenvalue weighted by molar-refractivity contribution is -0.137. The van der Waals surface area contributed by atoms with Crippen LogP contribution in [0.1, 0.15) is 11.1 Å². The fourth-order valence-corrected chi connectivity index (χ4v) is 1.93. The minimum Gasteiger partial charge on any atom is -0.489 e. The van der Waals surface area contributed by atoms with Crippen molar-refractivity contribution in [2.75, 3.05) is 0 Å². The second kappa shape index (κ2) is 6.07. The predicted molar refractivity (Wildman–Crippen MR) is 74.9 cm³/mol. The first-order chi connectivity index (χ1) is 11.0. The average Bonchev–Trinajstić information content (AvgIpc) is 3.07. The molecule has 3 rings (SSSR count). The van der Waals surface area contributed by atoms with E-state index in [2.05, 4.69) is 15.5 Å². The van der Waals surface area contributed by atoms with Crippen molar-refractivity contribution in [1.82, 2.24) is 20.2 Å². The molecule has 0 aliphatic carbocycles. The summed E-state index contributed by atoms with van der Waals surface area (Å²) in [5.41, 5.74) is 0.756. The summed E-state index contributed by atoms with van der Waals surface area (Å²) in [5, 5.41) is 10.8. The molecular weight excluding hydrogens is 309 g/mol. The number of halogens is 3. The van der Waals surface area contributed by atoms with Gasteiger partial charge in [-0.2, -0.15) is 13.2 Å². The van der Waals surface area contributed by atoms with Crippen molar-refractivity contribution in [3.8, 4) is 11.4 Å². The van der Waals surface area contributed by atoms with Gasteiger partial charge in [-0.15, -0.1) is 5.10 Å². The Kier molecular flexibility index (Phi) is 3.96. The molecule has 1 aromatic heterocycles. The third-order valence-corrected chi connectivity index (χ3v) is 3.14. The Morgan fingerprint density at radius 1 is 0.957 bits per heavy atom. The predicted octanol–water partition coefficient (Wildman–Crippen LogP) is 3.26. The molecule has 0 fully saturated rings. The second-order valence-corrected chi connectivity index (χ2v) is 4.73. The van der Waals surface area contributed by atoms with Crippen molar-refractivity contribution in [3.05, 3.63) is 66.0 Å². The molecule has 0 aliphatic rings. The summed E-state index contributed by atoms with van der Waals surface area (Å²) in [7, 11) is 0. The van der Waals surface area contributed by atoms with Crippen LogP contribution in [0.4, 0.5) is 13.2 Å². The Morgan fingerprint density at radius 3 is 2.22 bits per heavy atom. The Hall–Kier alpha value is -2.90. The molecule has 8 heteroatoms. The number of alkyl halides is 3. The van der Waals surface area contributed by atoms with Crippen LogP contribution >= 0.6 is 0 Å². The van der Waals surface area contributed by atoms with Gasteiger partial charge in [0.2, 0.25) is 0 Å². The van der Waals surface area contributed by atoms with Crippen LogP contribution in [-0.2, 0) is 12.8 Å². The van der Waals surface area contributed by atoms with Gasteiger partial charge in [0.15, 0.2) is 0 Å². The monoisotopic (exact) mass is 320 g/mol. The van der Waals surface area contributed by atoms with Gasteiger partial charge in [0.25, 0.3) is 0 Å². The van der Waals surface area contributed by atoms with Crippen LogP contribution in [0.15, 0.2) is 54.9 Å². The van der Waals surface area contributed by atoms with Crippen LogP contribution in [-0.4, -0.2) is 20.2 Å². The van der Waals surface area contributed by atoms with E-state index in [0.29, 0.717) is 11.3 Å². The number of hydrogen-bond acceptors (Lipinski definition) is 4. The summed E-state index contributed by atoms with van der Waals surface area (Å²) >= 11 is 0. The number of hydrogen-bond donors (Lipinski definition) is 0. The molecular formula is C15H11F3N4O. The first-order valence-corrected chi connectivity index (χ1v) is 6.65. The van der Waals surface area contributed by atoms with Crippen LogP contribution in [0.5, 0.6) is 5.75 Å². The smallest absolute Gasteiger partial charge is 0.416 e. The number of ether oxygens (including phenoxy) is 1. The fourth-order valence-electron chi connectivity index (χ4n) is 1.93. The minimum absolute atomic E-state index is 0.183. The number of benzene rings is 2. The van der Waals surface area contributed by atoms with E-state index in [-0.39, 0.29) is 6.61 Å². The third kappa shape index (κ3) is 3.65. The highest BCUT2D eigenvalue weighted by atomic mass is 19.4. The third-order valence-electron chi connectivity index (χ3n) is 3.14. The van der Waals surface area contributed by atoms with Gasteiger partial charge in [-0.3, -0.25) is 0 Å². The van der Waals surface area contributed by atoms with E-state index in [9.17, 15) is 13.2 Å². The number of tetrazole rings is 1. The van der Waals surface area contributed by atoms with E-state index >= 15 is 0 Å². The van der Waals surface area contributed by atoms with Gasteiger partial charge in [-0.1, -0.05) is 12.1 Å². The van der Waals surface area contributed by atoms with Crippen molar-refractivity contribution < 1.29 is 17.9 Å². The molecule has 0 radical (unpaired) electrons. The standard InChI is InChI=1S/C15H11F3N4O/c16-15(17,18)12-3-1-11(2-4-12)9-23-14-7-5-13(6-8-14)22-10-19-20-21-22/h1-8,10H,9H2. The maximum absolute atomic E-state index is 12.5. The van der Waals surface area contributed by atoms with Gasteiger partial charge in [-0.05, 0) is 52.4 Å². The molecule has 0 amide bonds. The van der Waals surface area contributed by atoms with Crippen molar-refractivity contribution in [1.29, 1.82) is 0 Å². The maximum Gasteiger partial charge on any atom is 0.416 e. The molecule has 118 valence electrons. The van der Waals surface area contributed by atoms with Crippen LogP contribution in [0.2, 0.25) is 0 Å². The van der Waals surface area contributed by atoms with Crippen molar-refractivity contribution >= 4 is 0 Å². The molecule has 23 heavy (non-hydrogen) atoms. The largest absolute Gasteiger partial charge is 0.489 e. The minimum atomic E-state index is -4.33. The molecule has 5 nitrogen and oxygen atoms in total. The van der Waals surface area contributed by atoms with Gasteiger partial charge in [0.1, 0.15) is 18.7 Å². The molecule has 0 saturated carbocycles. The summed E-state index contributed by atoms with van der Waals surface area (Å²) in [6, 6.07) is 11.9. The zero-order valence-corrected chi connectivity index (χ0v) is 11.7. The molecule has 0 saturated heterocycles. The van der Waals surface area contributed by atoms with E-state index in [0.717, 1.165) is 17.8 Å². The maximum atomic E-state index is 12.5. The second-order valence-electron chi connectivity index (χ2n) is 4.73. The molecule has 0 aliphatic heterocycles. The lowest BCUT2D eigenvalue weighted by Gasteiger charge is -2.09. The summed E-state index contributed by atoms with van der Waals surface area (Å²) < 4.78 is 44.5. The number of nitrogens with zero attached hydrogens (tertiary/aromatic N) is 4. The Morgan fingerprint density at radius 2 is 1.65 bits per heavy atom. The number of aromatic nitrogens is 4. The highest BCUT2D eigenvalue weighted by molar-refractivity contribution is 5.36. The fraction of sp³-hybridized carbons (Fsp3) is 0.133. The van der Waals surface area contributed by atoms with Crippen LogP contribution in [0.25, 0.3) is 5.69 Å². The van der Waals surface area contributed by atoms with Crippen LogP contribution in [0, 0.1) is 0 Å². The SMILES string of the molecule is FC(F)(F)c1ccc(COc2ccc(-n3cnnn3)cc2)cc1. The molecule has 1 heterocycles.